The summed E-state index contributed by atoms with van der Waals surface area (Å²) in [7, 11) is 0. The van der Waals surface area contributed by atoms with E-state index >= 15 is 0 Å². The minimum absolute atomic E-state index is 0.128. The monoisotopic (exact) mass is 348 g/mol. The van der Waals surface area contributed by atoms with Gasteiger partial charge in [0, 0.05) is 0 Å². The second-order valence-electron chi connectivity index (χ2n) is 10.8. The van der Waals surface area contributed by atoms with Gasteiger partial charge in [0.1, 0.15) is 0 Å². The molecule has 0 heterocycles. The molecule has 2 N–H and O–H groups in total. The lowest BCUT2D eigenvalue weighted by molar-refractivity contribution is -0.174. The molecular formula is C23H40O2. The Balaban J connectivity index is 1.63. The third-order valence-electron chi connectivity index (χ3n) is 10.1. The molecule has 4 aliphatic rings. The Morgan fingerprint density at radius 3 is 2.32 bits per heavy atom. The second kappa shape index (κ2) is 6.23. The van der Waals surface area contributed by atoms with Crippen molar-refractivity contribution in [3.63, 3.8) is 0 Å². The van der Waals surface area contributed by atoms with Crippen molar-refractivity contribution in [1.82, 2.24) is 0 Å². The molecule has 0 radical (unpaired) electrons. The van der Waals surface area contributed by atoms with E-state index in [1.807, 2.05) is 0 Å². The molecule has 0 aliphatic heterocycles. The lowest BCUT2D eigenvalue weighted by Crippen LogP contribution is -2.58. The first-order chi connectivity index (χ1) is 11.8. The van der Waals surface area contributed by atoms with E-state index in [2.05, 4.69) is 27.7 Å². The topological polar surface area (TPSA) is 40.5 Å². The van der Waals surface area contributed by atoms with Crippen molar-refractivity contribution in [2.75, 3.05) is 0 Å². The van der Waals surface area contributed by atoms with E-state index < -0.39 is 0 Å². The molecule has 0 aromatic carbocycles. The minimum atomic E-state index is -0.131. The predicted octanol–water partition coefficient (Wildman–Crippen LogP) is 5.02. The summed E-state index contributed by atoms with van der Waals surface area (Å²) >= 11 is 0. The van der Waals surface area contributed by atoms with Crippen LogP contribution < -0.4 is 0 Å². The molecule has 0 spiro atoms. The van der Waals surface area contributed by atoms with E-state index in [4.69, 9.17) is 0 Å². The maximum Gasteiger partial charge on any atom is 0.0577 e. The summed E-state index contributed by atoms with van der Waals surface area (Å²) in [4.78, 5) is 0. The molecule has 25 heavy (non-hydrogen) atoms. The molecule has 4 fully saturated rings. The first-order valence-corrected chi connectivity index (χ1v) is 11.2. The van der Waals surface area contributed by atoms with Crippen LogP contribution in [0.3, 0.4) is 0 Å². The molecule has 0 saturated heterocycles. The highest BCUT2D eigenvalue weighted by atomic mass is 16.3. The number of hydrogen-bond acceptors (Lipinski definition) is 2. The Labute approximate surface area is 154 Å². The molecule has 2 heteroatoms. The van der Waals surface area contributed by atoms with Gasteiger partial charge in [-0.1, -0.05) is 34.1 Å². The lowest BCUT2D eigenvalue weighted by Gasteiger charge is -2.62. The van der Waals surface area contributed by atoms with E-state index in [0.717, 1.165) is 37.0 Å². The highest BCUT2D eigenvalue weighted by Crippen LogP contribution is 2.68. The zero-order valence-corrected chi connectivity index (χ0v) is 16.9. The summed E-state index contributed by atoms with van der Waals surface area (Å²) in [6.45, 7) is 9.89. The first-order valence-electron chi connectivity index (χ1n) is 11.2. The van der Waals surface area contributed by atoms with E-state index in [1.54, 1.807) is 0 Å². The second-order valence-corrected chi connectivity index (χ2v) is 10.8. The fraction of sp³-hybridized carbons (Fsp3) is 1.00. The SMILES string of the molecule is CC[C@@H](C)[C@H]1CCC2[C@@H]3C(O)C[C@@H]4C[C@H](O)CC[C@]4(C)C3CC[C@@]21C. The van der Waals surface area contributed by atoms with Crippen molar-refractivity contribution < 1.29 is 10.2 Å². The molecule has 0 aromatic rings. The van der Waals surface area contributed by atoms with Crippen LogP contribution in [0.1, 0.15) is 85.5 Å². The Bertz CT molecular complexity index is 504. The van der Waals surface area contributed by atoms with Crippen molar-refractivity contribution in [1.29, 1.82) is 0 Å². The summed E-state index contributed by atoms with van der Waals surface area (Å²) in [6, 6.07) is 0. The van der Waals surface area contributed by atoms with Crippen LogP contribution in [-0.2, 0) is 0 Å². The fourth-order valence-corrected chi connectivity index (χ4v) is 8.46. The van der Waals surface area contributed by atoms with Crippen molar-refractivity contribution in [2.24, 2.45) is 46.3 Å². The summed E-state index contributed by atoms with van der Waals surface area (Å²) in [5.41, 5.74) is 0.813. The van der Waals surface area contributed by atoms with Crippen molar-refractivity contribution in [3.8, 4) is 0 Å². The third-order valence-corrected chi connectivity index (χ3v) is 10.1. The van der Waals surface area contributed by atoms with Crippen molar-refractivity contribution >= 4 is 0 Å². The van der Waals surface area contributed by atoms with Gasteiger partial charge < -0.3 is 10.2 Å². The van der Waals surface area contributed by atoms with Crippen LogP contribution in [0.2, 0.25) is 0 Å². The van der Waals surface area contributed by atoms with Gasteiger partial charge in [0.25, 0.3) is 0 Å². The Kier molecular flexibility index (Phi) is 4.56. The van der Waals surface area contributed by atoms with Gasteiger partial charge in [-0.25, -0.2) is 0 Å². The lowest BCUT2D eigenvalue weighted by atomic mass is 9.43. The van der Waals surface area contributed by atoms with Crippen LogP contribution in [0.25, 0.3) is 0 Å². The van der Waals surface area contributed by atoms with Gasteiger partial charge in [0.15, 0.2) is 0 Å². The zero-order chi connectivity index (χ0) is 18.0. The van der Waals surface area contributed by atoms with Gasteiger partial charge >= 0.3 is 0 Å². The maximum atomic E-state index is 11.2. The molecule has 2 nitrogen and oxygen atoms in total. The molecule has 4 saturated carbocycles. The van der Waals surface area contributed by atoms with Crippen LogP contribution >= 0.6 is 0 Å². The molecule has 144 valence electrons. The number of aliphatic hydroxyl groups is 2. The number of hydrogen-bond donors (Lipinski definition) is 2. The van der Waals surface area contributed by atoms with Gasteiger partial charge in [-0.3, -0.25) is 0 Å². The predicted molar refractivity (Wildman–Crippen MR) is 102 cm³/mol. The Morgan fingerprint density at radius 2 is 1.60 bits per heavy atom. The molecule has 0 bridgehead atoms. The van der Waals surface area contributed by atoms with Crippen LogP contribution in [0.4, 0.5) is 0 Å². The van der Waals surface area contributed by atoms with Gasteiger partial charge in [0.2, 0.25) is 0 Å². The maximum absolute atomic E-state index is 11.2. The van der Waals surface area contributed by atoms with E-state index in [9.17, 15) is 10.2 Å². The number of rotatable bonds is 2. The molecule has 0 amide bonds. The largest absolute Gasteiger partial charge is 0.393 e. The van der Waals surface area contributed by atoms with Crippen LogP contribution in [0, 0.1) is 46.3 Å². The third kappa shape index (κ3) is 2.57. The average Bonchev–Trinajstić information content (AvgIpc) is 2.93. The Hall–Kier alpha value is -0.0800. The van der Waals surface area contributed by atoms with Crippen LogP contribution in [0.5, 0.6) is 0 Å². The van der Waals surface area contributed by atoms with E-state index in [-0.39, 0.29) is 12.2 Å². The molecule has 4 rings (SSSR count). The average molecular weight is 349 g/mol. The zero-order valence-electron chi connectivity index (χ0n) is 16.9. The first kappa shape index (κ1) is 18.3. The van der Waals surface area contributed by atoms with Gasteiger partial charge in [0.05, 0.1) is 12.2 Å². The molecule has 4 aliphatic carbocycles. The van der Waals surface area contributed by atoms with Crippen LogP contribution in [0.15, 0.2) is 0 Å². The van der Waals surface area contributed by atoms with Crippen LogP contribution in [-0.4, -0.2) is 22.4 Å². The molecule has 10 atom stereocenters. The van der Waals surface area contributed by atoms with Gasteiger partial charge in [-0.2, -0.15) is 0 Å². The van der Waals surface area contributed by atoms with Crippen molar-refractivity contribution in [2.45, 2.75) is 97.7 Å². The quantitative estimate of drug-likeness (QED) is 0.735. The van der Waals surface area contributed by atoms with Gasteiger partial charge in [-0.15, -0.1) is 0 Å². The standard InChI is InChI=1S/C23H40O2/c1-5-14(2)17-6-7-18-21-19(9-11-23(17,18)4)22(3)10-8-16(24)12-15(22)13-20(21)25/h14-21,24-25H,5-13H2,1-4H3/t14-,15+,16-,17-,18?,19?,20?,21+,22+,23-/m1/s1. The Morgan fingerprint density at radius 1 is 0.920 bits per heavy atom. The summed E-state index contributed by atoms with van der Waals surface area (Å²) in [5, 5.41) is 21.4. The van der Waals surface area contributed by atoms with E-state index in [0.29, 0.717) is 28.6 Å². The fourth-order valence-electron chi connectivity index (χ4n) is 8.46. The number of aliphatic hydroxyl groups excluding tert-OH is 2. The highest BCUT2D eigenvalue weighted by molar-refractivity contribution is 5.11. The normalized spacial score (nSPS) is 56.6. The molecule has 3 unspecified atom stereocenters. The summed E-state index contributed by atoms with van der Waals surface area (Å²) in [6.07, 6.45) is 10.4. The molecular weight excluding hydrogens is 308 g/mol. The minimum Gasteiger partial charge on any atom is -0.393 e. The molecule has 0 aromatic heterocycles. The van der Waals surface area contributed by atoms with Gasteiger partial charge in [-0.05, 0) is 97.7 Å². The van der Waals surface area contributed by atoms with Crippen molar-refractivity contribution in [3.05, 3.63) is 0 Å². The summed E-state index contributed by atoms with van der Waals surface area (Å²) in [5.74, 6) is 4.13. The smallest absolute Gasteiger partial charge is 0.0577 e. The number of fused-ring (bicyclic) bond motifs is 5. The van der Waals surface area contributed by atoms with E-state index in [1.165, 1.54) is 38.5 Å². The highest BCUT2D eigenvalue weighted by Gasteiger charge is 2.62. The summed E-state index contributed by atoms with van der Waals surface area (Å²) < 4.78 is 0.